The zero-order valence-electron chi connectivity index (χ0n) is 4.62. The number of hydrogen-bond donors (Lipinski definition) is 4. The first-order chi connectivity index (χ1) is 4.18. The number of hydrogen-bond acceptors (Lipinski definition) is 4. The molecule has 0 aliphatic heterocycles. The smallest absolute Gasteiger partial charge is 0.322 e. The van der Waals surface area contributed by atoms with Crippen LogP contribution < -0.4 is 11.0 Å². The summed E-state index contributed by atoms with van der Waals surface area (Å²) in [6.07, 6.45) is 0. The molecule has 0 spiro atoms. The van der Waals surface area contributed by atoms with Crippen LogP contribution in [-0.2, 0) is 4.79 Å². The van der Waals surface area contributed by atoms with Crippen molar-refractivity contribution in [1.29, 1.82) is 0 Å². The molecule has 0 radical (unpaired) electrons. The van der Waals surface area contributed by atoms with Gasteiger partial charge in [0, 0.05) is 0 Å². The molecule has 6 N–H and O–H groups in total. The summed E-state index contributed by atoms with van der Waals surface area (Å²) < 4.78 is 0. The molecule has 0 saturated carbocycles. The van der Waals surface area contributed by atoms with Crippen LogP contribution in [0.5, 0.6) is 0 Å². The molecule has 56 valence electrons. The number of nitrogens with two attached hydrogens (primary N) is 2. The van der Waals surface area contributed by atoms with Gasteiger partial charge in [-0.1, -0.05) is 0 Å². The zero-order valence-corrected chi connectivity index (χ0v) is 5.38. The normalized spacial score (nSPS) is 11.1. The van der Waals surface area contributed by atoms with Crippen molar-refractivity contribution in [2.24, 2.45) is 11.0 Å². The summed E-state index contributed by atoms with van der Waals surface area (Å²) in [6.45, 7) is -0.505. The van der Waals surface area contributed by atoms with E-state index in [0.717, 1.165) is 0 Å². The van der Waals surface area contributed by atoms with Gasteiger partial charge in [-0.05, 0) is 11.8 Å². The van der Waals surface area contributed by atoms with E-state index >= 15 is 0 Å². The Morgan fingerprint density at radius 1 is 1.67 bits per heavy atom. The largest absolute Gasteiger partial charge is 0.480 e. The minimum Gasteiger partial charge on any atom is -0.480 e. The molecule has 9 heavy (non-hydrogen) atoms. The lowest BCUT2D eigenvalue weighted by Gasteiger charge is -1.96. The third-order valence-electron chi connectivity index (χ3n) is 0.514. The Kier molecular flexibility index (Phi) is 9.71. The Morgan fingerprint density at radius 3 is 2.00 bits per heavy atom. The first-order valence-electron chi connectivity index (χ1n) is 1.99. The maximum absolute atomic E-state index is 9.65. The molecule has 0 rings (SSSR count). The highest BCUT2D eigenvalue weighted by Gasteiger charge is 2.06. The first kappa shape index (κ1) is 11.4. The van der Waals surface area contributed by atoms with Crippen molar-refractivity contribution in [3.63, 3.8) is 0 Å². The second-order valence-electron chi connectivity index (χ2n) is 1.13. The predicted octanol–water partition coefficient (Wildman–Crippen LogP) is -1.51. The Balaban J connectivity index is 0. The number of halogens is 1. The van der Waals surface area contributed by atoms with E-state index in [2.05, 4.69) is 17.0 Å². The lowest BCUT2D eigenvalue weighted by molar-refractivity contribution is -0.139. The van der Waals surface area contributed by atoms with Gasteiger partial charge >= 0.3 is 5.97 Å². The molecular formula is C3H9ClN2O3. The number of aliphatic hydroxyl groups excluding tert-OH is 1. The minimum absolute atomic E-state index is 0.505. The molecule has 5 nitrogen and oxygen atoms in total. The van der Waals surface area contributed by atoms with Crippen LogP contribution in [0, 0.1) is 0 Å². The van der Waals surface area contributed by atoms with Crippen molar-refractivity contribution in [1.82, 2.24) is 0 Å². The van der Waals surface area contributed by atoms with Gasteiger partial charge < -0.3 is 15.9 Å². The molecule has 0 fully saturated rings. The number of carboxylic acid groups (broad SMARTS) is 1. The fraction of sp³-hybridized carbons (Fsp3) is 0.667. The van der Waals surface area contributed by atoms with Gasteiger partial charge in [0.2, 0.25) is 0 Å². The number of aliphatic carboxylic acids is 1. The third-order valence-corrected chi connectivity index (χ3v) is 0.514. The van der Waals surface area contributed by atoms with Crippen LogP contribution in [0.15, 0.2) is 0 Å². The van der Waals surface area contributed by atoms with Gasteiger partial charge in [-0.2, -0.15) is 0 Å². The van der Waals surface area contributed by atoms with Gasteiger partial charge in [0.15, 0.2) is 0 Å². The van der Waals surface area contributed by atoms with Crippen molar-refractivity contribution in [3.8, 4) is 0 Å². The monoisotopic (exact) mass is 156 g/mol. The van der Waals surface area contributed by atoms with Gasteiger partial charge in [-0.15, -0.1) is 0 Å². The highest BCUT2D eigenvalue weighted by Crippen LogP contribution is 1.71. The Bertz CT molecular complexity index is 79.5. The van der Waals surface area contributed by atoms with E-state index in [9.17, 15) is 4.79 Å². The summed E-state index contributed by atoms with van der Waals surface area (Å²) in [6, 6.07) is -1.13. The molecule has 0 aromatic carbocycles. The molecule has 6 heteroatoms. The summed E-state index contributed by atoms with van der Waals surface area (Å²) in [7, 11) is 0. The number of carbonyl (C=O) groups is 1. The molecule has 0 amide bonds. The van der Waals surface area contributed by atoms with Crippen LogP contribution in [0.4, 0.5) is 0 Å². The number of carboxylic acids is 1. The molecule has 0 aliphatic rings. The zero-order chi connectivity index (χ0) is 7.86. The van der Waals surface area contributed by atoms with Gasteiger partial charge in [-0.25, -0.2) is 5.25 Å². The molecule has 0 aliphatic carbocycles. The Morgan fingerprint density at radius 2 is 2.00 bits per heavy atom. The molecule has 0 heterocycles. The quantitative estimate of drug-likeness (QED) is 0.364. The lowest BCUT2D eigenvalue weighted by atomic mass is 10.3. The molecule has 1 unspecified atom stereocenters. The van der Waals surface area contributed by atoms with E-state index in [-0.39, 0.29) is 0 Å². The van der Waals surface area contributed by atoms with Crippen molar-refractivity contribution >= 4 is 17.7 Å². The number of aliphatic hydroxyl groups is 1. The maximum Gasteiger partial charge on any atom is 0.322 e. The molecule has 0 saturated heterocycles. The fourth-order valence-corrected chi connectivity index (χ4v) is 0.0781. The number of rotatable bonds is 2. The van der Waals surface area contributed by atoms with Crippen molar-refractivity contribution < 1.29 is 15.0 Å². The Labute approximate surface area is 57.3 Å². The highest BCUT2D eigenvalue weighted by molar-refractivity contribution is 6.11. The highest BCUT2D eigenvalue weighted by atomic mass is 35.5. The van der Waals surface area contributed by atoms with Crippen molar-refractivity contribution in [2.45, 2.75) is 6.04 Å². The summed E-state index contributed by atoms with van der Waals surface area (Å²) in [5.41, 5.74) is 4.77. The molecule has 1 atom stereocenters. The van der Waals surface area contributed by atoms with Crippen LogP contribution in [0.1, 0.15) is 0 Å². The average molecular weight is 157 g/mol. The van der Waals surface area contributed by atoms with Crippen LogP contribution in [0.3, 0.4) is 0 Å². The van der Waals surface area contributed by atoms with Crippen molar-refractivity contribution in [3.05, 3.63) is 0 Å². The van der Waals surface area contributed by atoms with Crippen LogP contribution in [-0.4, -0.2) is 28.8 Å². The minimum atomic E-state index is -1.18. The van der Waals surface area contributed by atoms with Gasteiger partial charge in [0.25, 0.3) is 0 Å². The molecule has 0 bridgehead atoms. The van der Waals surface area contributed by atoms with Crippen molar-refractivity contribution in [2.75, 3.05) is 6.61 Å². The topological polar surface area (TPSA) is 110 Å². The Hall–Kier alpha value is -0.360. The third kappa shape index (κ3) is 7.64. The summed E-state index contributed by atoms with van der Waals surface area (Å²) >= 11 is 4.14. The lowest BCUT2D eigenvalue weighted by Crippen LogP contribution is -2.33. The summed E-state index contributed by atoms with van der Waals surface area (Å²) in [5, 5.41) is 19.9. The molecular weight excluding hydrogens is 147 g/mol. The fourth-order valence-electron chi connectivity index (χ4n) is 0.0781. The van der Waals surface area contributed by atoms with E-state index in [1.807, 2.05) is 0 Å². The van der Waals surface area contributed by atoms with Crippen LogP contribution >= 0.6 is 11.8 Å². The van der Waals surface area contributed by atoms with E-state index in [1.54, 1.807) is 0 Å². The van der Waals surface area contributed by atoms with E-state index in [4.69, 9.17) is 15.9 Å². The average Bonchev–Trinajstić information content (AvgIpc) is 1.91. The van der Waals surface area contributed by atoms with Gasteiger partial charge in [-0.3, -0.25) is 4.79 Å². The van der Waals surface area contributed by atoms with E-state index < -0.39 is 18.6 Å². The maximum atomic E-state index is 9.65. The first-order valence-corrected chi connectivity index (χ1v) is 2.43. The van der Waals surface area contributed by atoms with Crippen LogP contribution in [0.2, 0.25) is 0 Å². The van der Waals surface area contributed by atoms with E-state index in [0.29, 0.717) is 0 Å². The summed E-state index contributed by atoms with van der Waals surface area (Å²) in [4.78, 5) is 9.65. The molecule has 0 aromatic heterocycles. The second kappa shape index (κ2) is 7.64. The molecule has 0 aromatic rings. The standard InChI is InChI=1S/C3H7NO3.ClH2N/c4-2(1-5)3(6)7;1-2/h2,5H,1,4H2,(H,6,7);2H2. The van der Waals surface area contributed by atoms with Gasteiger partial charge in [0.05, 0.1) is 6.61 Å². The summed E-state index contributed by atoms with van der Waals surface area (Å²) in [5.74, 6) is -1.18. The SMILES string of the molecule is NC(CO)C(=O)O.NCl. The van der Waals surface area contributed by atoms with E-state index in [1.165, 1.54) is 0 Å². The second-order valence-corrected chi connectivity index (χ2v) is 1.13. The van der Waals surface area contributed by atoms with Gasteiger partial charge in [0.1, 0.15) is 6.04 Å². The predicted molar refractivity (Wildman–Crippen MR) is 32.7 cm³/mol. The van der Waals surface area contributed by atoms with Crippen LogP contribution in [0.25, 0.3) is 0 Å².